The Hall–Kier alpha value is -2.33. The summed E-state index contributed by atoms with van der Waals surface area (Å²) in [6.45, 7) is 4.40. The number of nitriles is 1. The van der Waals surface area contributed by atoms with Gasteiger partial charge in [-0.3, -0.25) is 4.84 Å². The number of carbonyl (C=O) groups excluding carboxylic acids is 1. The Morgan fingerprint density at radius 2 is 1.75 bits per heavy atom. The zero-order valence-electron chi connectivity index (χ0n) is 15.2. The van der Waals surface area contributed by atoms with Crippen LogP contribution in [0.25, 0.3) is 0 Å². The monoisotopic (exact) mass is 443 g/mol. The first-order valence-electron chi connectivity index (χ1n) is 7.55. The molecule has 1 aliphatic heterocycles. The molecular weight excluding hydrogens is 423 g/mol. The molecule has 1 fully saturated rings. The number of hydrogen-bond donors (Lipinski definition) is 1. The average molecular weight is 443 g/mol. The van der Waals surface area contributed by atoms with E-state index in [1.54, 1.807) is 17.6 Å². The van der Waals surface area contributed by atoms with Crippen LogP contribution < -0.4 is 5.59 Å². The Balaban J connectivity index is 0.000000887. The second-order valence-corrected chi connectivity index (χ2v) is 7.14. The van der Waals surface area contributed by atoms with Crippen LogP contribution in [0.3, 0.4) is 0 Å². The molecule has 0 saturated carbocycles. The van der Waals surface area contributed by atoms with E-state index in [1.807, 2.05) is 19.0 Å². The van der Waals surface area contributed by atoms with E-state index < -0.39 is 19.5 Å². The van der Waals surface area contributed by atoms with Gasteiger partial charge in [-0.15, -0.1) is 10.7 Å². The van der Waals surface area contributed by atoms with Crippen molar-refractivity contribution in [1.29, 1.82) is 5.26 Å². The molecular formula is C12H20F6N5O4P. The number of carbonyl (C=O) groups is 1. The number of rotatable bonds is 4. The van der Waals surface area contributed by atoms with Crippen molar-refractivity contribution in [2.24, 2.45) is 5.10 Å². The van der Waals surface area contributed by atoms with Gasteiger partial charge in [0, 0.05) is 0 Å². The van der Waals surface area contributed by atoms with Crippen LogP contribution in [-0.4, -0.2) is 74.2 Å². The van der Waals surface area contributed by atoms with Crippen LogP contribution in [0, 0.1) is 11.3 Å². The summed E-state index contributed by atoms with van der Waals surface area (Å²) in [5.74, 6) is -0.797. The molecule has 0 unspecified atom stereocenters. The van der Waals surface area contributed by atoms with E-state index in [0.717, 1.165) is 0 Å². The molecule has 28 heavy (non-hydrogen) atoms. The molecule has 0 aliphatic carbocycles. The second kappa shape index (κ2) is 9.24. The van der Waals surface area contributed by atoms with Gasteiger partial charge in [0.25, 0.3) is 0 Å². The van der Waals surface area contributed by atoms with Crippen LogP contribution in [0.4, 0.5) is 25.2 Å². The van der Waals surface area contributed by atoms with Gasteiger partial charge < -0.3 is 9.47 Å². The summed E-state index contributed by atoms with van der Waals surface area (Å²) < 4.78 is 70.9. The van der Waals surface area contributed by atoms with E-state index >= 15 is 0 Å². The molecule has 9 nitrogen and oxygen atoms in total. The minimum atomic E-state index is -10.7. The van der Waals surface area contributed by atoms with E-state index in [-0.39, 0.29) is 6.61 Å². The van der Waals surface area contributed by atoms with Crippen molar-refractivity contribution < 1.29 is 48.9 Å². The van der Waals surface area contributed by atoms with Crippen LogP contribution in [0.5, 0.6) is 0 Å². The Bertz CT molecular complexity index is 640. The van der Waals surface area contributed by atoms with Crippen molar-refractivity contribution in [3.8, 4) is 6.07 Å². The molecule has 0 aromatic heterocycles. The molecule has 0 aromatic carbocycles. The number of esters is 1. The number of nitrogens with zero attached hydrogens (tertiary/aromatic N) is 4. The fraction of sp³-hybridized carbons (Fsp3) is 0.667. The number of amidine groups is 1. The van der Waals surface area contributed by atoms with Gasteiger partial charge in [0.2, 0.25) is 5.71 Å². The Kier molecular flexibility index (Phi) is 8.47. The van der Waals surface area contributed by atoms with Crippen molar-refractivity contribution in [2.45, 2.75) is 6.92 Å². The third-order valence-electron chi connectivity index (χ3n) is 2.53. The van der Waals surface area contributed by atoms with Crippen molar-refractivity contribution in [2.75, 3.05) is 47.0 Å². The number of ether oxygens (including phenoxy) is 2. The second-order valence-electron chi connectivity index (χ2n) is 5.22. The summed E-state index contributed by atoms with van der Waals surface area (Å²) in [6, 6.07) is 2.16. The summed E-state index contributed by atoms with van der Waals surface area (Å²) in [7, 11) is -7.03. The first-order valence-corrected chi connectivity index (χ1v) is 9.58. The molecule has 164 valence electrons. The minimum absolute atomic E-state index is 0.170. The van der Waals surface area contributed by atoms with Gasteiger partial charge >= 0.3 is 45.0 Å². The maximum atomic E-state index is 11.4. The van der Waals surface area contributed by atoms with E-state index in [2.05, 4.69) is 15.4 Å². The van der Waals surface area contributed by atoms with Gasteiger partial charge in [0.1, 0.15) is 19.2 Å². The predicted molar refractivity (Wildman–Crippen MR) is 87.0 cm³/mol. The molecule has 1 aliphatic rings. The fourth-order valence-corrected chi connectivity index (χ4v) is 1.62. The molecule has 1 heterocycles. The van der Waals surface area contributed by atoms with Crippen LogP contribution in [0.2, 0.25) is 0 Å². The molecule has 0 bridgehead atoms. The Labute approximate surface area is 156 Å². The summed E-state index contributed by atoms with van der Waals surface area (Å²) >= 11 is 0. The molecule has 1 saturated heterocycles. The Morgan fingerprint density at radius 3 is 2.14 bits per heavy atom. The van der Waals surface area contributed by atoms with Gasteiger partial charge in [-0.2, -0.15) is 5.26 Å². The number of nitrogens with one attached hydrogen (secondary N) is 1. The third kappa shape index (κ3) is 14.8. The summed E-state index contributed by atoms with van der Waals surface area (Å²) in [6.07, 6.45) is 0. The van der Waals surface area contributed by atoms with E-state index in [9.17, 15) is 30.0 Å². The number of morpholine rings is 1. The van der Waals surface area contributed by atoms with Crippen molar-refractivity contribution in [3.63, 3.8) is 0 Å². The predicted octanol–water partition coefficient (Wildman–Crippen LogP) is 2.29. The van der Waals surface area contributed by atoms with Gasteiger partial charge in [0.15, 0.2) is 0 Å². The van der Waals surface area contributed by atoms with Crippen LogP contribution >= 0.6 is 7.81 Å². The molecule has 0 aromatic rings. The molecule has 16 heteroatoms. The standard InChI is InChI=1S/C12H19N5O4.F6P/c1-4-20-11(18)10(9-13)14-15-21-12(16(2)3)17-5-7-19-8-6-17;1-7(2,3,4,5)6/h4-8H2,1-3H3;/q;-1/p+1. The SMILES string of the molecule is CCOC(=O)/C(C#N)=N/NOC(N1CCOCC1)=[N+](C)C.F[P-](F)(F)(F)(F)F. The fourth-order valence-electron chi connectivity index (χ4n) is 1.62. The Morgan fingerprint density at radius 1 is 1.25 bits per heavy atom. The number of hydrazone groups is 1. The van der Waals surface area contributed by atoms with Crippen LogP contribution in [-0.2, 0) is 19.1 Å². The van der Waals surface area contributed by atoms with E-state index in [4.69, 9.17) is 14.8 Å². The molecule has 1 N–H and O–H groups in total. The summed E-state index contributed by atoms with van der Waals surface area (Å²) in [5, 5.41) is 12.4. The molecule has 1 rings (SSSR count). The van der Waals surface area contributed by atoms with E-state index in [1.165, 1.54) is 0 Å². The molecule has 0 amide bonds. The molecule has 0 radical (unpaired) electrons. The number of hydrogen-bond acceptors (Lipinski definition) is 7. The van der Waals surface area contributed by atoms with Crippen LogP contribution in [0.15, 0.2) is 5.10 Å². The summed E-state index contributed by atoms with van der Waals surface area (Å²) in [5.41, 5.74) is 1.85. The first-order chi connectivity index (χ1) is 12.5. The normalized spacial score (nSPS) is 17.0. The first kappa shape index (κ1) is 25.7. The van der Waals surface area contributed by atoms with Crippen molar-refractivity contribution in [1.82, 2.24) is 10.5 Å². The van der Waals surface area contributed by atoms with Gasteiger partial charge in [0.05, 0.1) is 33.9 Å². The third-order valence-corrected chi connectivity index (χ3v) is 2.53. The van der Waals surface area contributed by atoms with Gasteiger partial charge in [-0.1, -0.05) is 0 Å². The van der Waals surface area contributed by atoms with Crippen molar-refractivity contribution in [3.05, 3.63) is 0 Å². The molecule has 0 atom stereocenters. The maximum absolute atomic E-state index is 11.4. The van der Waals surface area contributed by atoms with E-state index in [0.29, 0.717) is 32.3 Å². The number of halogens is 6. The average Bonchev–Trinajstić information content (AvgIpc) is 2.52. The summed E-state index contributed by atoms with van der Waals surface area (Å²) in [4.78, 5) is 18.7. The van der Waals surface area contributed by atoms with Gasteiger partial charge in [-0.25, -0.2) is 14.3 Å². The zero-order chi connectivity index (χ0) is 22.1. The van der Waals surface area contributed by atoms with Gasteiger partial charge in [-0.05, 0) is 6.92 Å². The zero-order valence-corrected chi connectivity index (χ0v) is 16.1. The topological polar surface area (TPSA) is 99.2 Å². The molecule has 0 spiro atoms. The quantitative estimate of drug-likeness (QED) is 0.135. The van der Waals surface area contributed by atoms with Crippen molar-refractivity contribution >= 4 is 25.5 Å². The van der Waals surface area contributed by atoms with Crippen LogP contribution in [0.1, 0.15) is 6.92 Å².